The number of carboxylic acid groups (broad SMARTS) is 2. The summed E-state index contributed by atoms with van der Waals surface area (Å²) in [5.74, 6) is -0.720. The molecular formula is C5H6NNaO6. The second-order valence-electron chi connectivity index (χ2n) is 1.73. The quantitative estimate of drug-likeness (QED) is 0.297. The number of nitrogens with one attached hydrogen (secondary N) is 1. The molecule has 68 valence electrons. The van der Waals surface area contributed by atoms with Crippen molar-refractivity contribution in [3.05, 3.63) is 0 Å². The Morgan fingerprint density at radius 3 is 1.85 bits per heavy atom. The Balaban J connectivity index is 0. The van der Waals surface area contributed by atoms with Gasteiger partial charge >= 0.3 is 29.6 Å². The zero-order chi connectivity index (χ0) is 9.56. The molecule has 1 heterocycles. The van der Waals surface area contributed by atoms with Gasteiger partial charge in [0.05, 0.1) is 0 Å². The summed E-state index contributed by atoms with van der Waals surface area (Å²) < 4.78 is 4.53. The van der Waals surface area contributed by atoms with Gasteiger partial charge in [0.2, 0.25) is 6.16 Å². The zero-order valence-corrected chi connectivity index (χ0v) is 8.90. The molecule has 13 heavy (non-hydrogen) atoms. The Labute approximate surface area is 95.3 Å². The number of morpholine rings is 1. The minimum Gasteiger partial charge on any atom is -0.565 e. The van der Waals surface area contributed by atoms with Crippen LogP contribution in [0, 0.1) is 0 Å². The summed E-state index contributed by atoms with van der Waals surface area (Å²) in [5.41, 5.74) is 0. The molecule has 2 N–H and O–H groups in total. The van der Waals surface area contributed by atoms with Crippen LogP contribution >= 0.6 is 0 Å². The molecule has 2 amide bonds. The van der Waals surface area contributed by atoms with Gasteiger partial charge in [-0.2, -0.15) is 0 Å². The van der Waals surface area contributed by atoms with Gasteiger partial charge in [0.25, 0.3) is 11.8 Å². The van der Waals surface area contributed by atoms with Crippen LogP contribution < -0.4 is 40.0 Å². The number of ether oxygens (including phenoxy) is 1. The van der Waals surface area contributed by atoms with Gasteiger partial charge in [0, 0.05) is 0 Å². The van der Waals surface area contributed by atoms with Crippen LogP contribution in [0.5, 0.6) is 0 Å². The van der Waals surface area contributed by atoms with Crippen LogP contribution in [0.15, 0.2) is 0 Å². The first-order chi connectivity index (χ1) is 5.52. The summed E-state index contributed by atoms with van der Waals surface area (Å²) in [4.78, 5) is 28.9. The summed E-state index contributed by atoms with van der Waals surface area (Å²) in [7, 11) is 0. The first kappa shape index (κ1) is 14.9. The Morgan fingerprint density at radius 1 is 1.38 bits per heavy atom. The Hall–Kier alpha value is -0.630. The summed E-state index contributed by atoms with van der Waals surface area (Å²) in [6.07, 6.45) is -2.08. The molecule has 0 bridgehead atoms. The van der Waals surface area contributed by atoms with E-state index in [9.17, 15) is 9.59 Å². The molecule has 0 aromatic carbocycles. The SMILES string of the molecule is O=C([O-])O.O=C1COCC(=O)N1.[Na+]. The van der Waals surface area contributed by atoms with E-state index in [4.69, 9.17) is 15.0 Å². The van der Waals surface area contributed by atoms with Gasteiger partial charge in [-0.05, 0) is 0 Å². The molecule has 1 aliphatic heterocycles. The Morgan fingerprint density at radius 2 is 1.69 bits per heavy atom. The molecule has 8 heteroatoms. The maximum absolute atomic E-state index is 10.2. The molecule has 0 radical (unpaired) electrons. The number of rotatable bonds is 0. The summed E-state index contributed by atoms with van der Waals surface area (Å²) in [6, 6.07) is 0. The number of hydrogen-bond acceptors (Lipinski definition) is 5. The van der Waals surface area contributed by atoms with Crippen molar-refractivity contribution in [3.8, 4) is 0 Å². The van der Waals surface area contributed by atoms with Crippen LogP contribution in [-0.4, -0.2) is 36.3 Å². The van der Waals surface area contributed by atoms with E-state index in [2.05, 4.69) is 10.1 Å². The minimum atomic E-state index is -2.08. The van der Waals surface area contributed by atoms with Crippen molar-refractivity contribution in [2.45, 2.75) is 0 Å². The third-order valence-corrected chi connectivity index (χ3v) is 0.745. The number of carbonyl (C=O) groups is 3. The Kier molecular flexibility index (Phi) is 9.14. The van der Waals surface area contributed by atoms with Crippen molar-refractivity contribution in [3.63, 3.8) is 0 Å². The maximum Gasteiger partial charge on any atom is 1.00 e. The van der Waals surface area contributed by atoms with Crippen molar-refractivity contribution in [2.24, 2.45) is 0 Å². The fourth-order valence-electron chi connectivity index (χ4n) is 0.464. The summed E-state index contributed by atoms with van der Waals surface area (Å²) >= 11 is 0. The molecule has 1 rings (SSSR count). The van der Waals surface area contributed by atoms with Crippen LogP contribution in [-0.2, 0) is 14.3 Å². The molecule has 1 aliphatic rings. The van der Waals surface area contributed by atoms with E-state index in [-0.39, 0.29) is 54.6 Å². The summed E-state index contributed by atoms with van der Waals surface area (Å²) in [5, 5.41) is 17.4. The number of carbonyl (C=O) groups excluding carboxylic acids is 2. The van der Waals surface area contributed by atoms with E-state index in [1.807, 2.05) is 0 Å². The van der Waals surface area contributed by atoms with Crippen LogP contribution in [0.25, 0.3) is 0 Å². The van der Waals surface area contributed by atoms with Gasteiger partial charge in [-0.3, -0.25) is 14.9 Å². The topological polar surface area (TPSA) is 116 Å². The largest absolute Gasteiger partial charge is 1.00 e. The van der Waals surface area contributed by atoms with Gasteiger partial charge in [-0.1, -0.05) is 0 Å². The number of amides is 2. The number of imide groups is 1. The van der Waals surface area contributed by atoms with E-state index in [1.165, 1.54) is 0 Å². The van der Waals surface area contributed by atoms with Crippen molar-refractivity contribution in [1.82, 2.24) is 5.32 Å². The predicted octanol–water partition coefficient (Wildman–Crippen LogP) is -5.45. The monoisotopic (exact) mass is 199 g/mol. The number of hydrogen-bond donors (Lipinski definition) is 2. The fraction of sp³-hybridized carbons (Fsp3) is 0.400. The minimum absolute atomic E-state index is 0. The van der Waals surface area contributed by atoms with E-state index in [0.717, 1.165) is 0 Å². The van der Waals surface area contributed by atoms with Crippen LogP contribution in [0.3, 0.4) is 0 Å². The van der Waals surface area contributed by atoms with Crippen molar-refractivity contribution < 1.29 is 58.9 Å². The van der Waals surface area contributed by atoms with Crippen molar-refractivity contribution >= 4 is 18.0 Å². The van der Waals surface area contributed by atoms with E-state index >= 15 is 0 Å². The molecule has 0 aromatic rings. The fourth-order valence-corrected chi connectivity index (χ4v) is 0.464. The molecule has 0 aromatic heterocycles. The first-order valence-electron chi connectivity index (χ1n) is 2.82. The van der Waals surface area contributed by atoms with E-state index in [1.54, 1.807) is 0 Å². The average molecular weight is 199 g/mol. The third kappa shape index (κ3) is 11.4. The molecule has 0 saturated carbocycles. The predicted molar refractivity (Wildman–Crippen MR) is 32.0 cm³/mol. The van der Waals surface area contributed by atoms with Crippen LogP contribution in [0.1, 0.15) is 0 Å². The maximum atomic E-state index is 10.2. The zero-order valence-electron chi connectivity index (χ0n) is 6.90. The van der Waals surface area contributed by atoms with Crippen molar-refractivity contribution in [2.75, 3.05) is 13.2 Å². The standard InChI is InChI=1S/C4H5NO3.CH2O3.Na/c6-3-1-8-2-4(7)5-3;2-1(3)4;/h1-2H2,(H,5,6,7);(H2,2,3,4);/q;;+1/p-1. The van der Waals surface area contributed by atoms with Crippen LogP contribution in [0.2, 0.25) is 0 Å². The molecule has 1 saturated heterocycles. The van der Waals surface area contributed by atoms with Gasteiger partial charge < -0.3 is 19.7 Å². The van der Waals surface area contributed by atoms with Crippen molar-refractivity contribution in [1.29, 1.82) is 0 Å². The summed E-state index contributed by atoms with van der Waals surface area (Å²) in [6.45, 7) is 0.0114. The Bertz CT molecular complexity index is 187. The molecule has 7 nitrogen and oxygen atoms in total. The van der Waals surface area contributed by atoms with E-state index < -0.39 is 6.16 Å². The first-order valence-corrected chi connectivity index (χ1v) is 2.82. The van der Waals surface area contributed by atoms with E-state index in [0.29, 0.717) is 0 Å². The molecular weight excluding hydrogens is 193 g/mol. The molecule has 0 atom stereocenters. The molecule has 0 aliphatic carbocycles. The smallest absolute Gasteiger partial charge is 0.565 e. The van der Waals surface area contributed by atoms with Crippen LogP contribution in [0.4, 0.5) is 4.79 Å². The molecule has 0 spiro atoms. The average Bonchev–Trinajstić information content (AvgIpc) is 1.84. The molecule has 1 fully saturated rings. The van der Waals surface area contributed by atoms with Gasteiger partial charge in [0.15, 0.2) is 0 Å². The second kappa shape index (κ2) is 7.99. The second-order valence-corrected chi connectivity index (χ2v) is 1.73. The van der Waals surface area contributed by atoms with Gasteiger partial charge in [0.1, 0.15) is 13.2 Å². The normalized spacial score (nSPS) is 14.5. The molecule has 0 unspecified atom stereocenters. The third-order valence-electron chi connectivity index (χ3n) is 0.745. The van der Waals surface area contributed by atoms with Gasteiger partial charge in [-0.25, -0.2) is 0 Å². The van der Waals surface area contributed by atoms with Gasteiger partial charge in [-0.15, -0.1) is 0 Å².